The van der Waals surface area contributed by atoms with Crippen molar-refractivity contribution < 1.29 is 8.78 Å². The van der Waals surface area contributed by atoms with Crippen molar-refractivity contribution in [2.24, 2.45) is 11.7 Å². The van der Waals surface area contributed by atoms with Gasteiger partial charge in [-0.2, -0.15) is 0 Å². The summed E-state index contributed by atoms with van der Waals surface area (Å²) in [7, 11) is 0. The molecule has 2 N–H and O–H groups in total. The molecule has 0 aliphatic carbocycles. The van der Waals surface area contributed by atoms with Gasteiger partial charge in [-0.3, -0.25) is 4.90 Å². The molecule has 1 fully saturated rings. The maximum Gasteiger partial charge on any atom is 0.276 e. The number of hydrogen-bond acceptors (Lipinski definition) is 2. The molecule has 1 rings (SSSR count). The number of nitrogens with two attached hydrogens (primary N) is 1. The van der Waals surface area contributed by atoms with Gasteiger partial charge < -0.3 is 5.73 Å². The summed E-state index contributed by atoms with van der Waals surface area (Å²) >= 11 is 0. The second-order valence-electron chi connectivity index (χ2n) is 3.96. The Balaban J connectivity index is 2.44. The summed E-state index contributed by atoms with van der Waals surface area (Å²) in [6, 6.07) is -0.976. The topological polar surface area (TPSA) is 29.3 Å². The van der Waals surface area contributed by atoms with Crippen LogP contribution in [-0.4, -0.2) is 36.5 Å². The molecule has 0 saturated carbocycles. The minimum Gasteiger partial charge on any atom is -0.322 e. The molecule has 12 heavy (non-hydrogen) atoms. The van der Waals surface area contributed by atoms with E-state index in [0.29, 0.717) is 19.0 Å². The third-order valence-corrected chi connectivity index (χ3v) is 2.06. The van der Waals surface area contributed by atoms with E-state index in [9.17, 15) is 8.78 Å². The molecule has 72 valence electrons. The Morgan fingerprint density at radius 3 is 2.50 bits per heavy atom. The van der Waals surface area contributed by atoms with Crippen LogP contribution in [0, 0.1) is 5.92 Å². The summed E-state index contributed by atoms with van der Waals surface area (Å²) in [5, 5.41) is 0. The van der Waals surface area contributed by atoms with Gasteiger partial charge in [0.2, 0.25) is 0 Å². The first-order chi connectivity index (χ1) is 5.42. The quantitative estimate of drug-likeness (QED) is 0.681. The van der Waals surface area contributed by atoms with Gasteiger partial charge in [0, 0.05) is 13.1 Å². The molecular weight excluding hydrogens is 162 g/mol. The number of halogens is 2. The third-order valence-electron chi connectivity index (χ3n) is 2.06. The first-order valence-corrected chi connectivity index (χ1v) is 4.27. The molecule has 1 unspecified atom stereocenters. The van der Waals surface area contributed by atoms with Gasteiger partial charge in [0.25, 0.3) is 5.92 Å². The highest BCUT2D eigenvalue weighted by Crippen LogP contribution is 2.26. The van der Waals surface area contributed by atoms with E-state index >= 15 is 0 Å². The lowest BCUT2D eigenvalue weighted by molar-refractivity contribution is -0.00152. The average Bonchev–Trinajstić information content (AvgIpc) is 2.04. The third kappa shape index (κ3) is 2.14. The van der Waals surface area contributed by atoms with Gasteiger partial charge in [0.1, 0.15) is 0 Å². The van der Waals surface area contributed by atoms with Crippen molar-refractivity contribution in [3.05, 3.63) is 0 Å². The lowest BCUT2D eigenvalue weighted by Crippen LogP contribution is -2.38. The van der Waals surface area contributed by atoms with Crippen LogP contribution >= 0.6 is 0 Å². The van der Waals surface area contributed by atoms with Crippen LogP contribution in [-0.2, 0) is 0 Å². The van der Waals surface area contributed by atoms with Crippen molar-refractivity contribution in [3.63, 3.8) is 0 Å². The van der Waals surface area contributed by atoms with Gasteiger partial charge >= 0.3 is 0 Å². The predicted octanol–water partition coefficient (Wildman–Crippen LogP) is 0.921. The van der Waals surface area contributed by atoms with Crippen LogP contribution in [0.25, 0.3) is 0 Å². The molecule has 1 heterocycles. The molecule has 1 aliphatic heterocycles. The number of alkyl halides is 2. The largest absolute Gasteiger partial charge is 0.322 e. The Labute approximate surface area is 71.7 Å². The van der Waals surface area contributed by atoms with Crippen LogP contribution in [0.3, 0.4) is 0 Å². The van der Waals surface area contributed by atoms with Crippen molar-refractivity contribution in [1.82, 2.24) is 4.90 Å². The van der Waals surface area contributed by atoms with E-state index in [-0.39, 0.29) is 6.54 Å². The summed E-state index contributed by atoms with van der Waals surface area (Å²) in [5.41, 5.74) is 5.29. The SMILES string of the molecule is CC(C)CN1CC(N)C(F)(F)C1. The van der Waals surface area contributed by atoms with E-state index in [1.807, 2.05) is 13.8 Å². The molecule has 1 aliphatic rings. The number of hydrogen-bond donors (Lipinski definition) is 1. The van der Waals surface area contributed by atoms with Gasteiger partial charge in [0.15, 0.2) is 0 Å². The Bertz CT molecular complexity index is 159. The first-order valence-electron chi connectivity index (χ1n) is 4.27. The molecule has 0 aromatic heterocycles. The standard InChI is InChI=1S/C8H16F2N2/c1-6(2)3-12-4-7(11)8(9,10)5-12/h6-7H,3-5,11H2,1-2H3. The lowest BCUT2D eigenvalue weighted by Gasteiger charge is -2.16. The summed E-state index contributed by atoms with van der Waals surface area (Å²) in [6.07, 6.45) is 0. The fourth-order valence-electron chi connectivity index (χ4n) is 1.55. The lowest BCUT2D eigenvalue weighted by atomic mass is 10.2. The average molecular weight is 178 g/mol. The molecule has 1 saturated heterocycles. The minimum atomic E-state index is -2.69. The molecule has 0 aromatic carbocycles. The van der Waals surface area contributed by atoms with E-state index in [1.54, 1.807) is 4.90 Å². The summed E-state index contributed by atoms with van der Waals surface area (Å²) in [5.74, 6) is -2.26. The van der Waals surface area contributed by atoms with E-state index in [1.165, 1.54) is 0 Å². The van der Waals surface area contributed by atoms with Crippen molar-refractivity contribution in [2.45, 2.75) is 25.8 Å². The number of likely N-dealkylation sites (tertiary alicyclic amines) is 1. The zero-order valence-corrected chi connectivity index (χ0v) is 7.56. The van der Waals surface area contributed by atoms with E-state index in [4.69, 9.17) is 5.73 Å². The van der Waals surface area contributed by atoms with Crippen molar-refractivity contribution in [2.75, 3.05) is 19.6 Å². The van der Waals surface area contributed by atoms with Crippen molar-refractivity contribution >= 4 is 0 Å². The summed E-state index contributed by atoms with van der Waals surface area (Å²) in [6.45, 7) is 4.89. The first kappa shape index (κ1) is 9.86. The minimum absolute atomic E-state index is 0.174. The van der Waals surface area contributed by atoms with Crippen LogP contribution in [0.15, 0.2) is 0 Å². The molecule has 0 amide bonds. The fraction of sp³-hybridized carbons (Fsp3) is 1.00. The van der Waals surface area contributed by atoms with Crippen LogP contribution in [0.1, 0.15) is 13.8 Å². The van der Waals surface area contributed by atoms with Crippen molar-refractivity contribution in [1.29, 1.82) is 0 Å². The second kappa shape index (κ2) is 3.26. The molecule has 4 heteroatoms. The Morgan fingerprint density at radius 1 is 1.58 bits per heavy atom. The van der Waals surface area contributed by atoms with Gasteiger partial charge in [-0.05, 0) is 5.92 Å². The molecule has 0 radical (unpaired) electrons. The normalized spacial score (nSPS) is 30.0. The smallest absolute Gasteiger partial charge is 0.276 e. The second-order valence-corrected chi connectivity index (χ2v) is 3.96. The van der Waals surface area contributed by atoms with Gasteiger partial charge in [-0.1, -0.05) is 13.8 Å². The fourth-order valence-corrected chi connectivity index (χ4v) is 1.55. The number of nitrogens with zero attached hydrogens (tertiary/aromatic N) is 1. The Morgan fingerprint density at radius 2 is 2.17 bits per heavy atom. The van der Waals surface area contributed by atoms with E-state index in [0.717, 1.165) is 0 Å². The molecular formula is C8H16F2N2. The Hall–Kier alpha value is -0.220. The highest BCUT2D eigenvalue weighted by molar-refractivity contribution is 4.93. The van der Waals surface area contributed by atoms with Gasteiger partial charge in [-0.15, -0.1) is 0 Å². The van der Waals surface area contributed by atoms with Gasteiger partial charge in [0.05, 0.1) is 12.6 Å². The van der Waals surface area contributed by atoms with E-state index in [2.05, 4.69) is 0 Å². The zero-order valence-electron chi connectivity index (χ0n) is 7.56. The molecule has 2 nitrogen and oxygen atoms in total. The van der Waals surface area contributed by atoms with Gasteiger partial charge in [-0.25, -0.2) is 8.78 Å². The van der Waals surface area contributed by atoms with E-state index < -0.39 is 12.0 Å². The van der Waals surface area contributed by atoms with Crippen LogP contribution in [0.5, 0.6) is 0 Å². The van der Waals surface area contributed by atoms with Crippen LogP contribution < -0.4 is 5.73 Å². The summed E-state index contributed by atoms with van der Waals surface area (Å²) in [4.78, 5) is 1.73. The molecule has 0 bridgehead atoms. The predicted molar refractivity (Wildman–Crippen MR) is 44.2 cm³/mol. The zero-order chi connectivity index (χ0) is 9.35. The summed E-state index contributed by atoms with van der Waals surface area (Å²) < 4.78 is 25.7. The van der Waals surface area contributed by atoms with Crippen LogP contribution in [0.4, 0.5) is 8.78 Å². The number of rotatable bonds is 2. The Kier molecular flexibility index (Phi) is 2.68. The molecule has 1 atom stereocenters. The van der Waals surface area contributed by atoms with Crippen molar-refractivity contribution in [3.8, 4) is 0 Å². The van der Waals surface area contributed by atoms with Crippen LogP contribution in [0.2, 0.25) is 0 Å². The molecule has 0 aromatic rings. The monoisotopic (exact) mass is 178 g/mol. The maximum absolute atomic E-state index is 12.9. The highest BCUT2D eigenvalue weighted by Gasteiger charge is 2.45. The highest BCUT2D eigenvalue weighted by atomic mass is 19.3. The molecule has 0 spiro atoms. The maximum atomic E-state index is 12.9.